The second-order valence-electron chi connectivity index (χ2n) is 6.77. The molecular weight excluding hydrogens is 258 g/mol. The third-order valence-electron chi connectivity index (χ3n) is 5.25. The zero-order chi connectivity index (χ0) is 14.5. The summed E-state index contributed by atoms with van der Waals surface area (Å²) in [6, 6.07) is 9.50. The second kappa shape index (κ2) is 7.42. The maximum atomic E-state index is 6.17. The molecule has 2 aliphatic carbocycles. The molecule has 21 heavy (non-hydrogen) atoms. The Bertz CT molecular complexity index is 445. The van der Waals surface area contributed by atoms with Crippen LogP contribution in [0.3, 0.4) is 0 Å². The number of fused-ring (bicyclic) bond motifs is 1. The first-order valence-electron chi connectivity index (χ1n) is 8.77. The van der Waals surface area contributed by atoms with Crippen molar-refractivity contribution in [2.24, 2.45) is 5.92 Å². The number of aryl methyl sites for hydroxylation is 1. The van der Waals surface area contributed by atoms with Crippen molar-refractivity contribution in [1.29, 1.82) is 0 Å². The van der Waals surface area contributed by atoms with Crippen LogP contribution in [0.1, 0.15) is 62.7 Å². The standard InChI is InChI=1S/C19H29NO/c1-15-7-2-5-11-18(15)20-13-14-21-19-12-6-9-16-8-3-4-10-17(16)19/h3-4,8,10,15,18-20H,2,5-7,9,11-14H2,1H3. The highest BCUT2D eigenvalue weighted by Gasteiger charge is 2.22. The molecule has 1 saturated carbocycles. The van der Waals surface area contributed by atoms with Crippen LogP contribution in [0.15, 0.2) is 24.3 Å². The van der Waals surface area contributed by atoms with Crippen molar-refractivity contribution < 1.29 is 4.74 Å². The summed E-state index contributed by atoms with van der Waals surface area (Å²) >= 11 is 0. The van der Waals surface area contributed by atoms with E-state index >= 15 is 0 Å². The van der Waals surface area contributed by atoms with Gasteiger partial charge in [-0.15, -0.1) is 0 Å². The van der Waals surface area contributed by atoms with Crippen LogP contribution in [0.25, 0.3) is 0 Å². The van der Waals surface area contributed by atoms with Gasteiger partial charge >= 0.3 is 0 Å². The molecule has 3 atom stereocenters. The Hall–Kier alpha value is -0.860. The highest BCUT2D eigenvalue weighted by molar-refractivity contribution is 5.31. The lowest BCUT2D eigenvalue weighted by Crippen LogP contribution is -2.39. The Balaban J connectivity index is 1.44. The monoisotopic (exact) mass is 287 g/mol. The van der Waals surface area contributed by atoms with Crippen LogP contribution in [0.2, 0.25) is 0 Å². The minimum Gasteiger partial charge on any atom is -0.372 e. The van der Waals surface area contributed by atoms with Crippen LogP contribution in [0.4, 0.5) is 0 Å². The zero-order valence-electron chi connectivity index (χ0n) is 13.3. The van der Waals surface area contributed by atoms with Crippen molar-refractivity contribution in [3.05, 3.63) is 35.4 Å². The molecule has 3 rings (SSSR count). The van der Waals surface area contributed by atoms with Crippen molar-refractivity contribution in [1.82, 2.24) is 5.32 Å². The molecule has 0 aliphatic heterocycles. The minimum atomic E-state index is 0.320. The normalized spacial score (nSPS) is 29.1. The number of benzene rings is 1. The molecule has 0 bridgehead atoms. The predicted molar refractivity (Wildman–Crippen MR) is 87.5 cm³/mol. The van der Waals surface area contributed by atoms with E-state index in [4.69, 9.17) is 4.74 Å². The Kier molecular flexibility index (Phi) is 5.32. The third-order valence-corrected chi connectivity index (χ3v) is 5.25. The van der Waals surface area contributed by atoms with Crippen molar-refractivity contribution in [2.75, 3.05) is 13.2 Å². The minimum absolute atomic E-state index is 0.320. The maximum Gasteiger partial charge on any atom is 0.0828 e. The molecule has 1 aromatic rings. The highest BCUT2D eigenvalue weighted by Crippen LogP contribution is 2.32. The van der Waals surface area contributed by atoms with Crippen molar-refractivity contribution in [3.63, 3.8) is 0 Å². The molecule has 0 amide bonds. The smallest absolute Gasteiger partial charge is 0.0828 e. The molecule has 2 aliphatic rings. The van der Waals surface area contributed by atoms with E-state index in [9.17, 15) is 0 Å². The van der Waals surface area contributed by atoms with E-state index in [0.717, 1.165) is 19.1 Å². The van der Waals surface area contributed by atoms with Crippen LogP contribution in [-0.2, 0) is 11.2 Å². The fourth-order valence-electron chi connectivity index (χ4n) is 3.95. The van der Waals surface area contributed by atoms with Crippen LogP contribution < -0.4 is 5.32 Å². The summed E-state index contributed by atoms with van der Waals surface area (Å²) in [5.41, 5.74) is 2.91. The van der Waals surface area contributed by atoms with E-state index < -0.39 is 0 Å². The van der Waals surface area contributed by atoms with Gasteiger partial charge in [-0.3, -0.25) is 0 Å². The molecule has 1 fully saturated rings. The average Bonchev–Trinajstić information content (AvgIpc) is 2.53. The van der Waals surface area contributed by atoms with Gasteiger partial charge in [-0.1, -0.05) is 44.0 Å². The number of hydrogen-bond donors (Lipinski definition) is 1. The van der Waals surface area contributed by atoms with E-state index in [0.29, 0.717) is 12.1 Å². The molecule has 0 heterocycles. The van der Waals surface area contributed by atoms with Gasteiger partial charge in [0.15, 0.2) is 0 Å². The lowest BCUT2D eigenvalue weighted by atomic mass is 9.86. The first-order valence-corrected chi connectivity index (χ1v) is 8.77. The Labute approximate surface area is 129 Å². The van der Waals surface area contributed by atoms with Gasteiger partial charge in [-0.25, -0.2) is 0 Å². The van der Waals surface area contributed by atoms with Gasteiger partial charge in [-0.05, 0) is 49.1 Å². The SMILES string of the molecule is CC1CCCCC1NCCOC1CCCc2ccccc21. The fourth-order valence-corrected chi connectivity index (χ4v) is 3.95. The summed E-state index contributed by atoms with van der Waals surface area (Å²) in [5, 5.41) is 3.71. The summed E-state index contributed by atoms with van der Waals surface area (Å²) in [7, 11) is 0. The molecule has 1 N–H and O–H groups in total. The average molecular weight is 287 g/mol. The molecule has 0 spiro atoms. The topological polar surface area (TPSA) is 21.3 Å². The Morgan fingerprint density at radius 1 is 1.10 bits per heavy atom. The number of ether oxygens (including phenoxy) is 1. The molecule has 3 unspecified atom stereocenters. The molecule has 2 nitrogen and oxygen atoms in total. The van der Waals surface area contributed by atoms with Crippen molar-refractivity contribution >= 4 is 0 Å². The van der Waals surface area contributed by atoms with E-state index in [-0.39, 0.29) is 0 Å². The van der Waals surface area contributed by atoms with Crippen LogP contribution in [0.5, 0.6) is 0 Å². The van der Waals surface area contributed by atoms with Crippen molar-refractivity contribution in [2.45, 2.75) is 64.0 Å². The van der Waals surface area contributed by atoms with Gasteiger partial charge in [0.05, 0.1) is 12.7 Å². The summed E-state index contributed by atoms with van der Waals surface area (Å²) in [4.78, 5) is 0. The Morgan fingerprint density at radius 2 is 1.95 bits per heavy atom. The molecule has 1 aromatic carbocycles. The van der Waals surface area contributed by atoms with Gasteiger partial charge in [0.1, 0.15) is 0 Å². The molecule has 116 valence electrons. The van der Waals surface area contributed by atoms with E-state index in [2.05, 4.69) is 36.5 Å². The quantitative estimate of drug-likeness (QED) is 0.818. The van der Waals surface area contributed by atoms with Gasteiger partial charge in [0, 0.05) is 12.6 Å². The lowest BCUT2D eigenvalue weighted by Gasteiger charge is -2.30. The van der Waals surface area contributed by atoms with E-state index in [1.165, 1.54) is 56.1 Å². The molecule has 2 heteroatoms. The summed E-state index contributed by atoms with van der Waals surface area (Å²) < 4.78 is 6.17. The summed E-state index contributed by atoms with van der Waals surface area (Å²) in [6.07, 6.45) is 9.50. The van der Waals surface area contributed by atoms with E-state index in [1.54, 1.807) is 0 Å². The molecule has 0 radical (unpaired) electrons. The molecular formula is C19H29NO. The lowest BCUT2D eigenvalue weighted by molar-refractivity contribution is 0.0401. The fraction of sp³-hybridized carbons (Fsp3) is 0.684. The maximum absolute atomic E-state index is 6.17. The number of hydrogen-bond acceptors (Lipinski definition) is 2. The van der Waals surface area contributed by atoms with Gasteiger partial charge < -0.3 is 10.1 Å². The summed E-state index contributed by atoms with van der Waals surface area (Å²) in [5.74, 6) is 0.828. The van der Waals surface area contributed by atoms with E-state index in [1.807, 2.05) is 0 Å². The largest absolute Gasteiger partial charge is 0.372 e. The molecule has 0 saturated heterocycles. The number of rotatable bonds is 5. The van der Waals surface area contributed by atoms with Gasteiger partial charge in [0.2, 0.25) is 0 Å². The third kappa shape index (κ3) is 3.87. The van der Waals surface area contributed by atoms with Crippen LogP contribution in [0, 0.1) is 5.92 Å². The number of nitrogens with one attached hydrogen (secondary N) is 1. The van der Waals surface area contributed by atoms with Gasteiger partial charge in [0.25, 0.3) is 0 Å². The molecule has 0 aromatic heterocycles. The first kappa shape index (κ1) is 15.1. The van der Waals surface area contributed by atoms with Crippen LogP contribution >= 0.6 is 0 Å². The first-order chi connectivity index (χ1) is 10.3. The second-order valence-corrected chi connectivity index (χ2v) is 6.77. The highest BCUT2D eigenvalue weighted by atomic mass is 16.5. The van der Waals surface area contributed by atoms with Crippen molar-refractivity contribution in [3.8, 4) is 0 Å². The zero-order valence-corrected chi connectivity index (χ0v) is 13.3. The van der Waals surface area contributed by atoms with Crippen LogP contribution in [-0.4, -0.2) is 19.2 Å². The Morgan fingerprint density at radius 3 is 2.86 bits per heavy atom. The summed E-state index contributed by atoms with van der Waals surface area (Å²) in [6.45, 7) is 4.21. The van der Waals surface area contributed by atoms with Gasteiger partial charge in [-0.2, -0.15) is 0 Å². The predicted octanol–water partition coefficient (Wildman–Crippen LogP) is 4.25.